The maximum absolute atomic E-state index is 13.5. The Bertz CT molecular complexity index is 1260. The number of anilines is 1. The fourth-order valence-electron chi connectivity index (χ4n) is 3.51. The number of nitrogens with zero attached hydrogens (tertiary/aromatic N) is 1. The van der Waals surface area contributed by atoms with Gasteiger partial charge in [-0.15, -0.1) is 0 Å². The van der Waals surface area contributed by atoms with Crippen molar-refractivity contribution in [2.75, 3.05) is 5.32 Å². The molecule has 146 valence electrons. The summed E-state index contributed by atoms with van der Waals surface area (Å²) >= 11 is 6.44. The van der Waals surface area contributed by atoms with Crippen molar-refractivity contribution in [3.8, 4) is 11.1 Å². The second-order valence-electron chi connectivity index (χ2n) is 6.94. The number of aromatic nitrogens is 1. The van der Waals surface area contributed by atoms with E-state index in [9.17, 15) is 9.59 Å². The SMILES string of the molecule is CC(C)n1c(NC(=O)c2ccco2)c(-c2ccccc2Cl)c(=O)c2ccccc21. The molecule has 0 aliphatic rings. The van der Waals surface area contributed by atoms with Crippen molar-refractivity contribution in [3.63, 3.8) is 0 Å². The molecule has 5 nitrogen and oxygen atoms in total. The van der Waals surface area contributed by atoms with Crippen LogP contribution >= 0.6 is 11.6 Å². The first-order valence-corrected chi connectivity index (χ1v) is 9.64. The predicted octanol–water partition coefficient (Wildman–Crippen LogP) is 5.75. The average molecular weight is 407 g/mol. The van der Waals surface area contributed by atoms with Gasteiger partial charge in [-0.25, -0.2) is 0 Å². The Labute approximate surface area is 172 Å². The van der Waals surface area contributed by atoms with E-state index in [1.807, 2.05) is 42.7 Å². The summed E-state index contributed by atoms with van der Waals surface area (Å²) in [5.74, 6) is 0.108. The molecule has 2 aromatic heterocycles. The van der Waals surface area contributed by atoms with Crippen molar-refractivity contribution in [1.29, 1.82) is 0 Å². The Morgan fingerprint density at radius 1 is 1.03 bits per heavy atom. The molecule has 0 saturated carbocycles. The second kappa shape index (κ2) is 7.60. The molecule has 0 radical (unpaired) electrons. The van der Waals surface area contributed by atoms with E-state index in [2.05, 4.69) is 5.32 Å². The number of hydrogen-bond acceptors (Lipinski definition) is 3. The van der Waals surface area contributed by atoms with Crippen LogP contribution in [0.15, 0.2) is 76.1 Å². The highest BCUT2D eigenvalue weighted by Gasteiger charge is 2.23. The van der Waals surface area contributed by atoms with E-state index in [1.165, 1.54) is 6.26 Å². The van der Waals surface area contributed by atoms with E-state index in [0.29, 0.717) is 27.4 Å². The van der Waals surface area contributed by atoms with Gasteiger partial charge < -0.3 is 14.3 Å². The van der Waals surface area contributed by atoms with Crippen LogP contribution in [0.5, 0.6) is 0 Å². The third-order valence-electron chi connectivity index (χ3n) is 4.75. The first-order chi connectivity index (χ1) is 14.0. The Hall–Kier alpha value is -3.31. The number of carbonyl (C=O) groups excluding carboxylic acids is 1. The molecular weight excluding hydrogens is 388 g/mol. The fraction of sp³-hybridized carbons (Fsp3) is 0.130. The second-order valence-corrected chi connectivity index (χ2v) is 7.35. The minimum atomic E-state index is -0.438. The molecule has 0 saturated heterocycles. The van der Waals surface area contributed by atoms with Gasteiger partial charge in [0.1, 0.15) is 5.82 Å². The van der Waals surface area contributed by atoms with Crippen LogP contribution < -0.4 is 10.7 Å². The zero-order chi connectivity index (χ0) is 20.5. The molecule has 1 N–H and O–H groups in total. The lowest BCUT2D eigenvalue weighted by atomic mass is 10.0. The number of para-hydroxylation sites is 1. The summed E-state index contributed by atoms with van der Waals surface area (Å²) in [6, 6.07) is 17.6. The van der Waals surface area contributed by atoms with E-state index in [1.54, 1.807) is 36.4 Å². The highest BCUT2D eigenvalue weighted by Crippen LogP contribution is 2.35. The molecule has 0 unspecified atom stereocenters. The number of pyridine rings is 1. The van der Waals surface area contributed by atoms with Crippen molar-refractivity contribution >= 4 is 34.2 Å². The van der Waals surface area contributed by atoms with Gasteiger partial charge in [-0.05, 0) is 44.2 Å². The first kappa shape index (κ1) is 19.0. The number of furan rings is 1. The molecule has 1 amide bonds. The summed E-state index contributed by atoms with van der Waals surface area (Å²) in [5.41, 5.74) is 1.45. The number of amides is 1. The summed E-state index contributed by atoms with van der Waals surface area (Å²) in [7, 11) is 0. The zero-order valence-electron chi connectivity index (χ0n) is 16.0. The Morgan fingerprint density at radius 3 is 2.45 bits per heavy atom. The van der Waals surface area contributed by atoms with Gasteiger partial charge >= 0.3 is 0 Å². The zero-order valence-corrected chi connectivity index (χ0v) is 16.7. The van der Waals surface area contributed by atoms with E-state index >= 15 is 0 Å². The van der Waals surface area contributed by atoms with Crippen molar-refractivity contribution in [3.05, 3.63) is 87.9 Å². The predicted molar refractivity (Wildman–Crippen MR) is 116 cm³/mol. The number of halogens is 1. The Morgan fingerprint density at radius 2 is 1.76 bits per heavy atom. The van der Waals surface area contributed by atoms with Gasteiger partial charge in [-0.1, -0.05) is 41.9 Å². The van der Waals surface area contributed by atoms with E-state index in [4.69, 9.17) is 16.0 Å². The molecule has 0 bridgehead atoms. The molecule has 0 atom stereocenters. The molecule has 29 heavy (non-hydrogen) atoms. The molecule has 0 aliphatic carbocycles. The highest BCUT2D eigenvalue weighted by atomic mass is 35.5. The molecule has 0 fully saturated rings. The third-order valence-corrected chi connectivity index (χ3v) is 5.08. The molecule has 0 aliphatic heterocycles. The van der Waals surface area contributed by atoms with Crippen molar-refractivity contribution < 1.29 is 9.21 Å². The monoisotopic (exact) mass is 406 g/mol. The van der Waals surface area contributed by atoms with Gasteiger partial charge in [0.2, 0.25) is 0 Å². The number of rotatable bonds is 4. The lowest BCUT2D eigenvalue weighted by molar-refractivity contribution is 0.0996. The average Bonchev–Trinajstić information content (AvgIpc) is 3.24. The van der Waals surface area contributed by atoms with Gasteiger partial charge in [0.25, 0.3) is 5.91 Å². The quantitative estimate of drug-likeness (QED) is 0.469. The van der Waals surface area contributed by atoms with Crippen molar-refractivity contribution in [2.24, 2.45) is 0 Å². The fourth-order valence-corrected chi connectivity index (χ4v) is 3.74. The molecule has 6 heteroatoms. The van der Waals surface area contributed by atoms with Crippen LogP contribution in [0.3, 0.4) is 0 Å². The topological polar surface area (TPSA) is 64.2 Å². The van der Waals surface area contributed by atoms with Gasteiger partial charge in [0, 0.05) is 22.0 Å². The lowest BCUT2D eigenvalue weighted by Gasteiger charge is -2.24. The van der Waals surface area contributed by atoms with Gasteiger partial charge in [-0.2, -0.15) is 0 Å². The molecule has 4 rings (SSSR count). The summed E-state index contributed by atoms with van der Waals surface area (Å²) in [6.45, 7) is 3.99. The van der Waals surface area contributed by atoms with Crippen LogP contribution in [0, 0.1) is 0 Å². The number of benzene rings is 2. The van der Waals surface area contributed by atoms with Gasteiger partial charge in [0.15, 0.2) is 11.2 Å². The lowest BCUT2D eigenvalue weighted by Crippen LogP contribution is -2.23. The third kappa shape index (κ3) is 3.34. The minimum absolute atomic E-state index is 0.0337. The Balaban J connectivity index is 2.09. The summed E-state index contributed by atoms with van der Waals surface area (Å²) in [5, 5.41) is 3.89. The van der Waals surface area contributed by atoms with Crippen LogP contribution in [0.2, 0.25) is 5.02 Å². The molecule has 2 heterocycles. The van der Waals surface area contributed by atoms with E-state index in [0.717, 1.165) is 5.52 Å². The standard InChI is InChI=1S/C23H19ClN2O3/c1-14(2)26-18-11-6-4-9-16(18)21(27)20(15-8-3-5-10-17(15)24)22(26)25-23(28)19-12-7-13-29-19/h3-14H,1-2H3,(H,25,28). The summed E-state index contributed by atoms with van der Waals surface area (Å²) < 4.78 is 7.17. The van der Waals surface area contributed by atoms with Gasteiger partial charge in [-0.3, -0.25) is 9.59 Å². The first-order valence-electron chi connectivity index (χ1n) is 9.26. The van der Waals surface area contributed by atoms with Crippen LogP contribution in [0.25, 0.3) is 22.0 Å². The normalized spacial score (nSPS) is 11.2. The molecule has 4 aromatic rings. The van der Waals surface area contributed by atoms with E-state index < -0.39 is 5.91 Å². The van der Waals surface area contributed by atoms with Crippen LogP contribution in [-0.2, 0) is 0 Å². The maximum atomic E-state index is 13.5. The summed E-state index contributed by atoms with van der Waals surface area (Å²) in [4.78, 5) is 26.3. The smallest absolute Gasteiger partial charge is 0.292 e. The molecular formula is C23H19ClN2O3. The molecule has 0 spiro atoms. The number of hydrogen-bond donors (Lipinski definition) is 1. The minimum Gasteiger partial charge on any atom is -0.459 e. The van der Waals surface area contributed by atoms with Crippen LogP contribution in [0.1, 0.15) is 30.4 Å². The van der Waals surface area contributed by atoms with E-state index in [-0.39, 0.29) is 17.2 Å². The highest BCUT2D eigenvalue weighted by molar-refractivity contribution is 6.33. The van der Waals surface area contributed by atoms with Gasteiger partial charge in [0.05, 0.1) is 17.3 Å². The largest absolute Gasteiger partial charge is 0.459 e. The molecule has 2 aromatic carbocycles. The van der Waals surface area contributed by atoms with Crippen molar-refractivity contribution in [2.45, 2.75) is 19.9 Å². The maximum Gasteiger partial charge on any atom is 0.292 e. The Kier molecular flexibility index (Phi) is 4.99. The van der Waals surface area contributed by atoms with Crippen LogP contribution in [0.4, 0.5) is 5.82 Å². The summed E-state index contributed by atoms with van der Waals surface area (Å²) in [6.07, 6.45) is 1.43. The number of nitrogens with one attached hydrogen (secondary N) is 1. The number of fused-ring (bicyclic) bond motifs is 1. The number of carbonyl (C=O) groups is 1. The van der Waals surface area contributed by atoms with Crippen LogP contribution in [-0.4, -0.2) is 10.5 Å². The van der Waals surface area contributed by atoms with Crippen molar-refractivity contribution in [1.82, 2.24) is 4.57 Å².